The zero-order chi connectivity index (χ0) is 17.8. The van der Waals surface area contributed by atoms with E-state index in [9.17, 15) is 4.79 Å². The first-order valence-corrected chi connectivity index (χ1v) is 8.02. The van der Waals surface area contributed by atoms with Gasteiger partial charge in [-0.25, -0.2) is 4.98 Å². The Bertz CT molecular complexity index is 933. The molecule has 0 spiro atoms. The molecule has 0 saturated heterocycles. The third-order valence-electron chi connectivity index (χ3n) is 3.25. The van der Waals surface area contributed by atoms with Gasteiger partial charge in [-0.3, -0.25) is 4.79 Å². The van der Waals surface area contributed by atoms with E-state index in [0.717, 1.165) is 11.8 Å². The number of nitriles is 2. The minimum atomic E-state index is -0.280. The summed E-state index contributed by atoms with van der Waals surface area (Å²) in [4.78, 5) is 16.1. The predicted molar refractivity (Wildman–Crippen MR) is 90.0 cm³/mol. The summed E-state index contributed by atoms with van der Waals surface area (Å²) in [5.41, 5.74) is 6.56. The predicted octanol–water partition coefficient (Wildman–Crippen LogP) is 1.87. The van der Waals surface area contributed by atoms with E-state index in [2.05, 4.69) is 10.3 Å². The molecule has 0 unspecified atom stereocenters. The van der Waals surface area contributed by atoms with E-state index in [4.69, 9.17) is 25.7 Å². The summed E-state index contributed by atoms with van der Waals surface area (Å²) in [6, 6.07) is 10.3. The monoisotopic (exact) mass is 353 g/mol. The molecule has 8 nitrogen and oxygen atoms in total. The Morgan fingerprint density at radius 2 is 2.00 bits per heavy atom. The Kier molecular flexibility index (Phi) is 4.59. The number of carbonyl (C=O) groups excluding carboxylic acids is 1. The topological polar surface area (TPSA) is 134 Å². The molecule has 0 atom stereocenters. The second-order valence-electron chi connectivity index (χ2n) is 4.90. The number of nitrogens with one attached hydrogen (secondary N) is 1. The molecule has 124 valence electrons. The summed E-state index contributed by atoms with van der Waals surface area (Å²) in [6.07, 6.45) is 0. The van der Waals surface area contributed by atoms with Crippen LogP contribution in [0.15, 0.2) is 29.3 Å². The molecule has 0 aliphatic carbocycles. The molecule has 3 rings (SSSR count). The Morgan fingerprint density at radius 1 is 1.24 bits per heavy atom. The van der Waals surface area contributed by atoms with Crippen molar-refractivity contribution in [2.24, 2.45) is 0 Å². The maximum Gasteiger partial charge on any atom is 0.234 e. The van der Waals surface area contributed by atoms with Gasteiger partial charge in [0.15, 0.2) is 11.5 Å². The van der Waals surface area contributed by atoms with Crippen LogP contribution >= 0.6 is 11.8 Å². The van der Waals surface area contributed by atoms with Crippen LogP contribution in [0.3, 0.4) is 0 Å². The SMILES string of the molecule is N#Cc1cc(C#N)c(SCC(=O)Nc2ccc3c(c2)OCO3)nc1N. The highest BCUT2D eigenvalue weighted by molar-refractivity contribution is 8.00. The van der Waals surface area contributed by atoms with Crippen LogP contribution in [0.1, 0.15) is 11.1 Å². The van der Waals surface area contributed by atoms with Crippen LogP contribution in [0.5, 0.6) is 11.5 Å². The average molecular weight is 353 g/mol. The third-order valence-corrected chi connectivity index (χ3v) is 4.25. The number of thioether (sulfide) groups is 1. The number of nitrogens with two attached hydrogens (primary N) is 1. The van der Waals surface area contributed by atoms with Gasteiger partial charge in [0.1, 0.15) is 23.0 Å². The fraction of sp³-hybridized carbons (Fsp3) is 0.125. The molecular weight excluding hydrogens is 342 g/mol. The molecule has 9 heteroatoms. The van der Waals surface area contributed by atoms with Crippen LogP contribution in [0.2, 0.25) is 0 Å². The highest BCUT2D eigenvalue weighted by Crippen LogP contribution is 2.34. The highest BCUT2D eigenvalue weighted by atomic mass is 32.2. The number of carbonyl (C=O) groups is 1. The maximum absolute atomic E-state index is 12.1. The first-order valence-electron chi connectivity index (χ1n) is 7.03. The Hall–Kier alpha value is -3.43. The lowest BCUT2D eigenvalue weighted by Gasteiger charge is -2.07. The van der Waals surface area contributed by atoms with E-state index in [1.807, 2.05) is 12.1 Å². The molecule has 25 heavy (non-hydrogen) atoms. The van der Waals surface area contributed by atoms with Crippen LogP contribution < -0.4 is 20.5 Å². The van der Waals surface area contributed by atoms with E-state index < -0.39 is 0 Å². The van der Waals surface area contributed by atoms with Gasteiger partial charge in [0.25, 0.3) is 0 Å². The van der Waals surface area contributed by atoms with Crippen LogP contribution in [-0.4, -0.2) is 23.4 Å². The summed E-state index contributed by atoms with van der Waals surface area (Å²) < 4.78 is 10.5. The lowest BCUT2D eigenvalue weighted by atomic mass is 10.2. The van der Waals surface area contributed by atoms with Crippen LogP contribution in [0.25, 0.3) is 0 Å². The number of fused-ring (bicyclic) bond motifs is 1. The van der Waals surface area contributed by atoms with E-state index in [0.29, 0.717) is 22.2 Å². The van der Waals surface area contributed by atoms with Crippen LogP contribution in [0.4, 0.5) is 11.5 Å². The number of ether oxygens (including phenoxy) is 2. The van der Waals surface area contributed by atoms with Crippen molar-refractivity contribution >= 4 is 29.2 Å². The molecule has 0 fully saturated rings. The van der Waals surface area contributed by atoms with Crippen molar-refractivity contribution in [1.29, 1.82) is 10.5 Å². The quantitative estimate of drug-likeness (QED) is 0.796. The second-order valence-corrected chi connectivity index (χ2v) is 5.87. The number of pyridine rings is 1. The summed E-state index contributed by atoms with van der Waals surface area (Å²) in [7, 11) is 0. The first kappa shape index (κ1) is 16.4. The molecule has 1 aromatic heterocycles. The van der Waals surface area contributed by atoms with E-state index in [1.165, 1.54) is 6.07 Å². The molecule has 1 aromatic carbocycles. The lowest BCUT2D eigenvalue weighted by molar-refractivity contribution is -0.113. The first-order chi connectivity index (χ1) is 12.1. The third kappa shape index (κ3) is 3.57. The molecule has 2 heterocycles. The fourth-order valence-corrected chi connectivity index (χ4v) is 2.86. The van der Waals surface area contributed by atoms with Gasteiger partial charge >= 0.3 is 0 Å². The molecule has 0 radical (unpaired) electrons. The zero-order valence-electron chi connectivity index (χ0n) is 12.8. The molecule has 1 aliphatic heterocycles. The number of hydrogen-bond acceptors (Lipinski definition) is 8. The summed E-state index contributed by atoms with van der Waals surface area (Å²) in [6.45, 7) is 0.158. The normalized spacial score (nSPS) is 11.4. The van der Waals surface area contributed by atoms with Gasteiger partial charge in [0, 0.05) is 11.8 Å². The fourth-order valence-electron chi connectivity index (χ4n) is 2.09. The van der Waals surface area contributed by atoms with Gasteiger partial charge < -0.3 is 20.5 Å². The van der Waals surface area contributed by atoms with Crippen molar-refractivity contribution in [2.75, 3.05) is 23.6 Å². The second kappa shape index (κ2) is 6.99. The number of nitrogens with zero attached hydrogens (tertiary/aromatic N) is 3. The van der Waals surface area contributed by atoms with Crippen molar-refractivity contribution in [3.63, 3.8) is 0 Å². The molecular formula is C16H11N5O3S. The number of amides is 1. The number of benzene rings is 1. The summed E-state index contributed by atoms with van der Waals surface area (Å²) in [5, 5.41) is 21.1. The van der Waals surface area contributed by atoms with Gasteiger partial charge in [-0.05, 0) is 18.2 Å². The molecule has 0 saturated carbocycles. The van der Waals surface area contributed by atoms with Crippen molar-refractivity contribution in [3.05, 3.63) is 35.4 Å². The van der Waals surface area contributed by atoms with Crippen LogP contribution in [0, 0.1) is 22.7 Å². The lowest BCUT2D eigenvalue weighted by Crippen LogP contribution is -2.14. The molecule has 1 aliphatic rings. The number of aromatic nitrogens is 1. The standard InChI is InChI=1S/C16H11N5O3S/c17-5-9-3-10(6-18)16(21-15(9)19)25-7-14(22)20-11-1-2-12-13(4-11)24-8-23-12/h1-4H,7-8H2,(H2,19,21)(H,20,22). The number of anilines is 2. The Labute approximate surface area is 147 Å². The van der Waals surface area contributed by atoms with Crippen LogP contribution in [-0.2, 0) is 4.79 Å². The Balaban J connectivity index is 1.66. The smallest absolute Gasteiger partial charge is 0.234 e. The minimum absolute atomic E-state index is 0.0279. The minimum Gasteiger partial charge on any atom is -0.454 e. The number of hydrogen-bond donors (Lipinski definition) is 2. The van der Waals surface area contributed by atoms with E-state index in [1.54, 1.807) is 18.2 Å². The number of rotatable bonds is 4. The van der Waals surface area contributed by atoms with Gasteiger partial charge in [-0.1, -0.05) is 11.8 Å². The van der Waals surface area contributed by atoms with Gasteiger partial charge in [0.05, 0.1) is 16.9 Å². The van der Waals surface area contributed by atoms with Gasteiger partial charge in [0.2, 0.25) is 12.7 Å². The van der Waals surface area contributed by atoms with Crippen molar-refractivity contribution < 1.29 is 14.3 Å². The van der Waals surface area contributed by atoms with Crippen molar-refractivity contribution in [1.82, 2.24) is 4.98 Å². The Morgan fingerprint density at radius 3 is 2.76 bits per heavy atom. The van der Waals surface area contributed by atoms with E-state index in [-0.39, 0.29) is 35.4 Å². The van der Waals surface area contributed by atoms with Gasteiger partial charge in [-0.2, -0.15) is 10.5 Å². The number of nitrogen functional groups attached to an aromatic ring is 1. The van der Waals surface area contributed by atoms with Crippen molar-refractivity contribution in [3.8, 4) is 23.6 Å². The zero-order valence-corrected chi connectivity index (χ0v) is 13.6. The molecule has 3 N–H and O–H groups in total. The highest BCUT2D eigenvalue weighted by Gasteiger charge is 2.15. The van der Waals surface area contributed by atoms with Crippen molar-refractivity contribution in [2.45, 2.75) is 5.03 Å². The van der Waals surface area contributed by atoms with E-state index >= 15 is 0 Å². The molecule has 2 aromatic rings. The summed E-state index contributed by atoms with van der Waals surface area (Å²) in [5.74, 6) is 0.973. The molecule has 0 bridgehead atoms. The molecule has 1 amide bonds. The average Bonchev–Trinajstić information content (AvgIpc) is 3.07. The largest absolute Gasteiger partial charge is 0.454 e. The summed E-state index contributed by atoms with van der Waals surface area (Å²) >= 11 is 1.07. The maximum atomic E-state index is 12.1. The van der Waals surface area contributed by atoms with Gasteiger partial charge in [-0.15, -0.1) is 0 Å².